The molecular formula is C14H21Cl2N3O4S. The summed E-state index contributed by atoms with van der Waals surface area (Å²) in [5.74, 6) is -0.421. The third kappa shape index (κ3) is 4.31. The lowest BCUT2D eigenvalue weighted by atomic mass is 9.89. The molecular weight excluding hydrogens is 377 g/mol. The quantitative estimate of drug-likeness (QED) is 0.777. The normalized spacial score (nSPS) is 19.9. The Kier molecular flexibility index (Phi) is 6.89. The lowest BCUT2D eigenvalue weighted by molar-refractivity contribution is 0.0824. The van der Waals surface area contributed by atoms with E-state index in [1.165, 1.54) is 24.1 Å². The first-order chi connectivity index (χ1) is 10.7. The lowest BCUT2D eigenvalue weighted by Crippen LogP contribution is -2.50. The number of rotatable bonds is 5. The molecule has 1 aromatic rings. The molecule has 0 spiro atoms. The largest absolute Gasteiger partial charge is 0.494 e. The van der Waals surface area contributed by atoms with E-state index in [2.05, 4.69) is 4.72 Å². The van der Waals surface area contributed by atoms with Crippen LogP contribution in [0.5, 0.6) is 5.75 Å². The number of nitrogens with zero attached hydrogens (tertiary/aromatic N) is 1. The highest BCUT2D eigenvalue weighted by atomic mass is 35.5. The zero-order valence-electron chi connectivity index (χ0n) is 13.6. The topological polar surface area (TPSA) is 102 Å². The molecule has 1 fully saturated rings. The number of methoxy groups -OCH3 is 1. The number of amides is 1. The number of hydrogen-bond acceptors (Lipinski definition) is 5. The monoisotopic (exact) mass is 397 g/mol. The molecule has 0 bridgehead atoms. The van der Waals surface area contributed by atoms with Crippen molar-refractivity contribution in [1.82, 2.24) is 9.62 Å². The first-order valence-electron chi connectivity index (χ1n) is 7.02. The molecule has 1 aromatic carbocycles. The van der Waals surface area contributed by atoms with Crippen LogP contribution in [0.15, 0.2) is 17.0 Å². The van der Waals surface area contributed by atoms with E-state index in [1.54, 1.807) is 14.1 Å². The number of sulfonamides is 1. The Morgan fingerprint density at radius 3 is 2.42 bits per heavy atom. The summed E-state index contributed by atoms with van der Waals surface area (Å²) in [6, 6.07) is 2.45. The molecule has 24 heavy (non-hydrogen) atoms. The third-order valence-corrected chi connectivity index (χ3v) is 5.39. The van der Waals surface area contributed by atoms with Crippen LogP contribution in [0.2, 0.25) is 5.02 Å². The second-order valence-corrected chi connectivity index (χ2v) is 7.85. The average molecular weight is 398 g/mol. The second kappa shape index (κ2) is 7.88. The number of hydrogen-bond donors (Lipinski definition) is 2. The van der Waals surface area contributed by atoms with Crippen LogP contribution in [-0.2, 0) is 10.0 Å². The molecule has 1 amide bonds. The predicted molar refractivity (Wildman–Crippen MR) is 94.6 cm³/mol. The van der Waals surface area contributed by atoms with Crippen molar-refractivity contribution >= 4 is 39.9 Å². The van der Waals surface area contributed by atoms with Crippen LogP contribution in [0.4, 0.5) is 0 Å². The molecule has 7 nitrogen and oxygen atoms in total. The fraction of sp³-hybridized carbons (Fsp3) is 0.500. The van der Waals surface area contributed by atoms with Crippen LogP contribution >= 0.6 is 24.0 Å². The Bertz CT molecular complexity index is 719. The zero-order chi connectivity index (χ0) is 17.4. The van der Waals surface area contributed by atoms with Gasteiger partial charge in [-0.3, -0.25) is 4.79 Å². The molecule has 0 heterocycles. The van der Waals surface area contributed by atoms with Crippen LogP contribution in [-0.4, -0.2) is 52.5 Å². The van der Waals surface area contributed by atoms with Gasteiger partial charge in [-0.1, -0.05) is 11.6 Å². The average Bonchev–Trinajstić information content (AvgIpc) is 2.43. The van der Waals surface area contributed by atoms with E-state index in [1.807, 2.05) is 0 Å². The lowest BCUT2D eigenvalue weighted by Gasteiger charge is -2.32. The molecule has 1 aliphatic carbocycles. The fourth-order valence-corrected chi connectivity index (χ4v) is 4.18. The van der Waals surface area contributed by atoms with Gasteiger partial charge in [0, 0.05) is 31.2 Å². The van der Waals surface area contributed by atoms with E-state index in [0.29, 0.717) is 12.8 Å². The molecule has 1 saturated carbocycles. The number of ether oxygens (including phenoxy) is 1. The number of nitrogens with one attached hydrogen (secondary N) is 1. The second-order valence-electron chi connectivity index (χ2n) is 5.73. The minimum absolute atomic E-state index is 0. The SMILES string of the molecule is COc1c(C(=O)N(C)C)cc(Cl)cc1S(=O)(=O)NC1CC(N)C1.Cl. The number of nitrogens with two attached hydrogens (primary N) is 1. The molecule has 0 saturated heterocycles. The zero-order valence-corrected chi connectivity index (χ0v) is 16.0. The van der Waals surface area contributed by atoms with Gasteiger partial charge in [0.1, 0.15) is 4.90 Å². The molecule has 10 heteroatoms. The van der Waals surface area contributed by atoms with Gasteiger partial charge >= 0.3 is 0 Å². The predicted octanol–water partition coefficient (Wildman–Crippen LogP) is 1.24. The summed E-state index contributed by atoms with van der Waals surface area (Å²) in [6.07, 6.45) is 1.15. The van der Waals surface area contributed by atoms with E-state index < -0.39 is 15.9 Å². The van der Waals surface area contributed by atoms with Gasteiger partial charge in [0.25, 0.3) is 5.91 Å². The van der Waals surface area contributed by atoms with Crippen molar-refractivity contribution in [2.24, 2.45) is 5.73 Å². The highest BCUT2D eigenvalue weighted by Crippen LogP contribution is 2.33. The minimum atomic E-state index is -3.88. The smallest absolute Gasteiger partial charge is 0.257 e. The van der Waals surface area contributed by atoms with E-state index in [-0.39, 0.29) is 45.7 Å². The number of carbonyl (C=O) groups excluding carboxylic acids is 1. The van der Waals surface area contributed by atoms with Crippen molar-refractivity contribution in [3.8, 4) is 5.75 Å². The molecule has 1 aliphatic rings. The summed E-state index contributed by atoms with van der Waals surface area (Å²) >= 11 is 6.00. The summed E-state index contributed by atoms with van der Waals surface area (Å²) in [6.45, 7) is 0. The minimum Gasteiger partial charge on any atom is -0.494 e. The van der Waals surface area contributed by atoms with Crippen LogP contribution < -0.4 is 15.2 Å². The van der Waals surface area contributed by atoms with Crippen molar-refractivity contribution in [2.75, 3.05) is 21.2 Å². The van der Waals surface area contributed by atoms with Gasteiger partial charge in [0.15, 0.2) is 5.75 Å². The number of benzene rings is 1. The molecule has 0 atom stereocenters. The van der Waals surface area contributed by atoms with Crippen LogP contribution in [0.1, 0.15) is 23.2 Å². The first kappa shape index (κ1) is 21.0. The van der Waals surface area contributed by atoms with Gasteiger partial charge in [-0.05, 0) is 25.0 Å². The standard InChI is InChI=1S/C14H20ClN3O4S.ClH/c1-18(2)14(19)11-4-8(15)5-12(13(11)22-3)23(20,21)17-10-6-9(16)7-10;/h4-5,9-10,17H,6-7,16H2,1-3H3;1H. The Labute approximate surface area is 152 Å². The molecule has 0 aliphatic heterocycles. The fourth-order valence-electron chi connectivity index (χ4n) is 2.42. The molecule has 0 unspecified atom stereocenters. The van der Waals surface area contributed by atoms with Crippen LogP contribution in [0, 0.1) is 0 Å². The van der Waals surface area contributed by atoms with Crippen molar-refractivity contribution in [3.63, 3.8) is 0 Å². The summed E-state index contributed by atoms with van der Waals surface area (Å²) in [4.78, 5) is 13.4. The summed E-state index contributed by atoms with van der Waals surface area (Å²) in [5, 5.41) is 0.140. The van der Waals surface area contributed by atoms with Gasteiger partial charge in [0.2, 0.25) is 10.0 Å². The maximum absolute atomic E-state index is 12.6. The van der Waals surface area contributed by atoms with Crippen molar-refractivity contribution in [3.05, 3.63) is 22.7 Å². The number of halogens is 2. The Morgan fingerprint density at radius 1 is 1.38 bits per heavy atom. The summed E-state index contributed by atoms with van der Waals surface area (Å²) < 4.78 is 33.0. The molecule has 3 N–H and O–H groups in total. The van der Waals surface area contributed by atoms with E-state index in [9.17, 15) is 13.2 Å². The molecule has 2 rings (SSSR count). The Balaban J connectivity index is 0.00000288. The third-order valence-electron chi connectivity index (χ3n) is 3.65. The molecule has 0 aromatic heterocycles. The highest BCUT2D eigenvalue weighted by molar-refractivity contribution is 7.89. The van der Waals surface area contributed by atoms with Crippen molar-refractivity contribution in [1.29, 1.82) is 0 Å². The van der Waals surface area contributed by atoms with Crippen LogP contribution in [0.25, 0.3) is 0 Å². The Hall–Kier alpha value is -1.06. The maximum Gasteiger partial charge on any atom is 0.257 e. The Morgan fingerprint density at radius 2 is 1.96 bits per heavy atom. The van der Waals surface area contributed by atoms with Gasteiger partial charge in [-0.2, -0.15) is 0 Å². The van der Waals surface area contributed by atoms with Gasteiger partial charge < -0.3 is 15.4 Å². The van der Waals surface area contributed by atoms with E-state index >= 15 is 0 Å². The van der Waals surface area contributed by atoms with Crippen LogP contribution in [0.3, 0.4) is 0 Å². The summed E-state index contributed by atoms with van der Waals surface area (Å²) in [7, 11) is 0.558. The number of carbonyl (C=O) groups is 1. The molecule has 136 valence electrons. The first-order valence-corrected chi connectivity index (χ1v) is 8.89. The van der Waals surface area contributed by atoms with Crippen molar-refractivity contribution in [2.45, 2.75) is 29.8 Å². The molecule has 0 radical (unpaired) electrons. The van der Waals surface area contributed by atoms with E-state index in [4.69, 9.17) is 22.1 Å². The maximum atomic E-state index is 12.6. The highest BCUT2D eigenvalue weighted by Gasteiger charge is 2.33. The van der Waals surface area contributed by atoms with Gasteiger partial charge in [-0.25, -0.2) is 13.1 Å². The van der Waals surface area contributed by atoms with E-state index in [0.717, 1.165) is 0 Å². The van der Waals surface area contributed by atoms with Gasteiger partial charge in [0.05, 0.1) is 12.7 Å². The summed E-state index contributed by atoms with van der Waals surface area (Å²) in [5.41, 5.74) is 5.77. The van der Waals surface area contributed by atoms with Crippen molar-refractivity contribution < 1.29 is 17.9 Å². The van der Waals surface area contributed by atoms with Gasteiger partial charge in [-0.15, -0.1) is 12.4 Å².